The Balaban J connectivity index is 1.72. The molecule has 2 saturated heterocycles. The molecule has 110 valence electrons. The van der Waals surface area contributed by atoms with Crippen molar-refractivity contribution in [2.45, 2.75) is 50.2 Å². The average Bonchev–Trinajstić information content (AvgIpc) is 2.42. The molecular weight excluding hydrogens is 250 g/mol. The van der Waals surface area contributed by atoms with Crippen LogP contribution in [0.5, 0.6) is 5.75 Å². The number of hydrogen-bond acceptors (Lipinski definition) is 4. The van der Waals surface area contributed by atoms with Gasteiger partial charge in [-0.3, -0.25) is 0 Å². The first-order valence-electron chi connectivity index (χ1n) is 7.59. The molecule has 2 heterocycles. The molecule has 3 rings (SSSR count). The third-order valence-electron chi connectivity index (χ3n) is 4.96. The Morgan fingerprint density at radius 3 is 2.60 bits per heavy atom. The lowest BCUT2D eigenvalue weighted by Crippen LogP contribution is -2.52. The van der Waals surface area contributed by atoms with Gasteiger partial charge in [0.15, 0.2) is 0 Å². The maximum atomic E-state index is 6.08. The van der Waals surface area contributed by atoms with Crippen LogP contribution in [0, 0.1) is 0 Å². The van der Waals surface area contributed by atoms with Crippen molar-refractivity contribution in [2.75, 3.05) is 25.2 Å². The molecule has 0 amide bonds. The molecule has 4 heteroatoms. The van der Waals surface area contributed by atoms with Crippen LogP contribution < -0.4 is 15.8 Å². The highest BCUT2D eigenvalue weighted by molar-refractivity contribution is 5.68. The lowest BCUT2D eigenvalue weighted by Gasteiger charge is -2.47. The summed E-state index contributed by atoms with van der Waals surface area (Å²) in [4.78, 5) is 2.58. The van der Waals surface area contributed by atoms with E-state index in [1.807, 2.05) is 18.2 Å². The van der Waals surface area contributed by atoms with Gasteiger partial charge in [0.1, 0.15) is 5.75 Å². The number of rotatable bonds is 3. The molecule has 2 unspecified atom stereocenters. The van der Waals surface area contributed by atoms with E-state index in [1.165, 1.54) is 32.1 Å². The minimum absolute atomic E-state index is 0.524. The second-order valence-electron chi connectivity index (χ2n) is 6.17. The fourth-order valence-electron chi connectivity index (χ4n) is 3.74. The lowest BCUT2D eigenvalue weighted by atomic mass is 9.82. The number of nitrogens with two attached hydrogens (primary N) is 1. The minimum Gasteiger partial charge on any atom is -0.497 e. The zero-order valence-corrected chi connectivity index (χ0v) is 12.4. The Morgan fingerprint density at radius 1 is 1.25 bits per heavy atom. The summed E-state index contributed by atoms with van der Waals surface area (Å²) in [5, 5.41) is 3.64. The van der Waals surface area contributed by atoms with Gasteiger partial charge in [-0.15, -0.1) is 0 Å². The molecule has 0 spiro atoms. The number of anilines is 2. The summed E-state index contributed by atoms with van der Waals surface area (Å²) in [7, 11) is 3.97. The molecule has 0 radical (unpaired) electrons. The Kier molecular flexibility index (Phi) is 3.74. The maximum absolute atomic E-state index is 6.08. The van der Waals surface area contributed by atoms with Crippen LogP contribution in [-0.4, -0.2) is 37.2 Å². The van der Waals surface area contributed by atoms with Gasteiger partial charge in [0, 0.05) is 24.2 Å². The summed E-state index contributed by atoms with van der Waals surface area (Å²) in [6.07, 6.45) is 6.47. The van der Waals surface area contributed by atoms with E-state index in [2.05, 4.69) is 17.3 Å². The molecule has 20 heavy (non-hydrogen) atoms. The molecule has 3 N–H and O–H groups in total. The standard InChI is InChI=1S/C16H25N3O/c1-19-12-4-3-5-13(19)9-11(8-12)18-16-10-14(20-2)6-7-15(16)17/h6-7,10-13,18H,3-5,8-9,17H2,1-2H3. The van der Waals surface area contributed by atoms with E-state index in [9.17, 15) is 0 Å². The third kappa shape index (κ3) is 2.57. The first-order valence-corrected chi connectivity index (χ1v) is 7.59. The Hall–Kier alpha value is -1.42. The van der Waals surface area contributed by atoms with E-state index in [1.54, 1.807) is 7.11 Å². The van der Waals surface area contributed by atoms with Gasteiger partial charge in [0.25, 0.3) is 0 Å². The van der Waals surface area contributed by atoms with Crippen LogP contribution in [0.15, 0.2) is 18.2 Å². The fraction of sp³-hybridized carbons (Fsp3) is 0.625. The number of hydrogen-bond donors (Lipinski definition) is 2. The predicted molar refractivity (Wildman–Crippen MR) is 83.2 cm³/mol. The number of benzene rings is 1. The van der Waals surface area contributed by atoms with Gasteiger partial charge in [0.05, 0.1) is 18.5 Å². The number of ether oxygens (including phenoxy) is 1. The molecule has 2 aliphatic rings. The number of nitrogens with one attached hydrogen (secondary N) is 1. The molecule has 0 saturated carbocycles. The monoisotopic (exact) mass is 275 g/mol. The number of fused-ring (bicyclic) bond motifs is 2. The number of nitrogens with zero attached hydrogens (tertiary/aromatic N) is 1. The van der Waals surface area contributed by atoms with Crippen molar-refractivity contribution in [3.05, 3.63) is 18.2 Å². The van der Waals surface area contributed by atoms with E-state index in [0.717, 1.165) is 29.2 Å². The Labute approximate surface area is 121 Å². The van der Waals surface area contributed by atoms with Gasteiger partial charge < -0.3 is 20.7 Å². The van der Waals surface area contributed by atoms with Gasteiger partial charge in [-0.25, -0.2) is 0 Å². The molecular formula is C16H25N3O. The summed E-state index contributed by atoms with van der Waals surface area (Å²) in [6.45, 7) is 0. The molecule has 2 aliphatic heterocycles. The fourth-order valence-corrected chi connectivity index (χ4v) is 3.74. The number of piperidine rings is 2. The molecule has 2 fully saturated rings. The number of methoxy groups -OCH3 is 1. The number of nitrogen functional groups attached to an aromatic ring is 1. The van der Waals surface area contributed by atoms with E-state index < -0.39 is 0 Å². The van der Waals surface area contributed by atoms with Crippen molar-refractivity contribution < 1.29 is 4.74 Å². The van der Waals surface area contributed by atoms with Crippen LogP contribution in [-0.2, 0) is 0 Å². The van der Waals surface area contributed by atoms with Gasteiger partial charge in [-0.05, 0) is 44.9 Å². The van der Waals surface area contributed by atoms with Crippen molar-refractivity contribution in [1.29, 1.82) is 0 Å². The Morgan fingerprint density at radius 2 is 1.95 bits per heavy atom. The zero-order valence-electron chi connectivity index (χ0n) is 12.4. The average molecular weight is 275 g/mol. The summed E-state index contributed by atoms with van der Waals surface area (Å²) < 4.78 is 5.29. The molecule has 4 nitrogen and oxygen atoms in total. The van der Waals surface area contributed by atoms with Gasteiger partial charge in [-0.2, -0.15) is 0 Å². The molecule has 1 aromatic carbocycles. The topological polar surface area (TPSA) is 50.5 Å². The van der Waals surface area contributed by atoms with Crippen LogP contribution >= 0.6 is 0 Å². The van der Waals surface area contributed by atoms with Crippen LogP contribution in [0.4, 0.5) is 11.4 Å². The van der Waals surface area contributed by atoms with E-state index >= 15 is 0 Å². The highest BCUT2D eigenvalue weighted by atomic mass is 16.5. The van der Waals surface area contributed by atoms with Gasteiger partial charge in [-0.1, -0.05) is 6.42 Å². The highest BCUT2D eigenvalue weighted by Gasteiger charge is 2.35. The van der Waals surface area contributed by atoms with E-state index in [-0.39, 0.29) is 0 Å². The van der Waals surface area contributed by atoms with Crippen LogP contribution in [0.2, 0.25) is 0 Å². The SMILES string of the molecule is COc1ccc(N)c(NC2CC3CCCC(C2)N3C)c1. The summed E-state index contributed by atoms with van der Waals surface area (Å²) >= 11 is 0. The van der Waals surface area contributed by atoms with Crippen molar-refractivity contribution in [3.8, 4) is 5.75 Å². The molecule has 0 aliphatic carbocycles. The van der Waals surface area contributed by atoms with Crippen molar-refractivity contribution in [2.24, 2.45) is 0 Å². The molecule has 0 aromatic heterocycles. The highest BCUT2D eigenvalue weighted by Crippen LogP contribution is 2.35. The normalized spacial score (nSPS) is 30.0. The van der Waals surface area contributed by atoms with Gasteiger partial charge in [0.2, 0.25) is 0 Å². The second kappa shape index (κ2) is 5.52. The smallest absolute Gasteiger partial charge is 0.121 e. The predicted octanol–water partition coefficient (Wildman–Crippen LogP) is 2.70. The summed E-state index contributed by atoms with van der Waals surface area (Å²) in [5.41, 5.74) is 7.89. The summed E-state index contributed by atoms with van der Waals surface area (Å²) in [6, 6.07) is 7.80. The van der Waals surface area contributed by atoms with Crippen molar-refractivity contribution in [1.82, 2.24) is 4.90 Å². The maximum Gasteiger partial charge on any atom is 0.121 e. The first kappa shape index (κ1) is 13.6. The van der Waals surface area contributed by atoms with E-state index in [0.29, 0.717) is 6.04 Å². The molecule has 1 aromatic rings. The largest absolute Gasteiger partial charge is 0.497 e. The van der Waals surface area contributed by atoms with Crippen LogP contribution in [0.1, 0.15) is 32.1 Å². The van der Waals surface area contributed by atoms with E-state index in [4.69, 9.17) is 10.5 Å². The second-order valence-corrected chi connectivity index (χ2v) is 6.17. The van der Waals surface area contributed by atoms with Crippen molar-refractivity contribution in [3.63, 3.8) is 0 Å². The molecule has 2 bridgehead atoms. The lowest BCUT2D eigenvalue weighted by molar-refractivity contribution is 0.0608. The minimum atomic E-state index is 0.524. The van der Waals surface area contributed by atoms with Crippen LogP contribution in [0.25, 0.3) is 0 Å². The summed E-state index contributed by atoms with van der Waals surface area (Å²) in [5.74, 6) is 0.856. The van der Waals surface area contributed by atoms with Crippen LogP contribution in [0.3, 0.4) is 0 Å². The zero-order chi connectivity index (χ0) is 14.1. The molecule has 2 atom stereocenters. The Bertz CT molecular complexity index is 463. The quantitative estimate of drug-likeness (QED) is 0.833. The van der Waals surface area contributed by atoms with Gasteiger partial charge >= 0.3 is 0 Å². The first-order chi connectivity index (χ1) is 9.67. The third-order valence-corrected chi connectivity index (χ3v) is 4.96. The van der Waals surface area contributed by atoms with Crippen molar-refractivity contribution >= 4 is 11.4 Å².